The molecule has 5 nitrogen and oxygen atoms in total. The Labute approximate surface area is 128 Å². The van der Waals surface area contributed by atoms with Crippen LogP contribution in [0.25, 0.3) is 0 Å². The Morgan fingerprint density at radius 3 is 2.62 bits per heavy atom. The summed E-state index contributed by atoms with van der Waals surface area (Å²) in [7, 11) is 1.57. The third-order valence-electron chi connectivity index (χ3n) is 3.17. The third-order valence-corrected chi connectivity index (χ3v) is 3.52. The molecule has 0 aliphatic carbocycles. The number of nitrogens with one attached hydrogen (secondary N) is 1. The molecule has 0 radical (unpaired) electrons. The van der Waals surface area contributed by atoms with Gasteiger partial charge in [0.15, 0.2) is 0 Å². The summed E-state index contributed by atoms with van der Waals surface area (Å²) in [5, 5.41) is 11.9. The van der Waals surface area contributed by atoms with E-state index in [2.05, 4.69) is 11.2 Å². The summed E-state index contributed by atoms with van der Waals surface area (Å²) < 4.78 is 0. The standard InChI is InChI=1S/C15H17ClN2O3/c1-4-7-13(14(19)20)17-15(21)18(3)10(2)11-8-5-6-9-12(11)16/h1,5-6,8-10,13H,7H2,2-3H3,(H,17,21)(H,19,20). The van der Waals surface area contributed by atoms with Gasteiger partial charge in [0.25, 0.3) is 0 Å². The van der Waals surface area contributed by atoms with Gasteiger partial charge in [-0.1, -0.05) is 29.8 Å². The Morgan fingerprint density at radius 2 is 2.10 bits per heavy atom. The number of urea groups is 1. The minimum atomic E-state index is -1.17. The van der Waals surface area contributed by atoms with Crippen molar-refractivity contribution in [3.05, 3.63) is 34.9 Å². The van der Waals surface area contributed by atoms with Gasteiger partial charge in [-0.25, -0.2) is 9.59 Å². The molecular weight excluding hydrogens is 292 g/mol. The minimum absolute atomic E-state index is 0.0740. The number of carbonyl (C=O) groups excluding carboxylic acids is 1. The van der Waals surface area contributed by atoms with Gasteiger partial charge in [-0.05, 0) is 18.6 Å². The number of aliphatic carboxylic acids is 1. The molecule has 0 aromatic heterocycles. The molecule has 6 heteroatoms. The Bertz CT molecular complexity index is 568. The average molecular weight is 309 g/mol. The van der Waals surface area contributed by atoms with Crippen LogP contribution in [-0.2, 0) is 4.79 Å². The first-order valence-corrected chi connectivity index (χ1v) is 6.70. The molecule has 2 N–H and O–H groups in total. The number of hydrogen-bond donors (Lipinski definition) is 2. The van der Waals surface area contributed by atoms with Gasteiger partial charge in [0.2, 0.25) is 0 Å². The van der Waals surface area contributed by atoms with Gasteiger partial charge in [0.05, 0.1) is 6.04 Å². The molecule has 0 bridgehead atoms. The number of hydrogen-bond acceptors (Lipinski definition) is 2. The molecule has 0 aliphatic heterocycles. The second-order valence-corrected chi connectivity index (χ2v) is 4.96. The van der Waals surface area contributed by atoms with Crippen LogP contribution >= 0.6 is 11.6 Å². The van der Waals surface area contributed by atoms with Crippen molar-refractivity contribution in [2.24, 2.45) is 0 Å². The molecule has 0 saturated carbocycles. The van der Waals surface area contributed by atoms with E-state index >= 15 is 0 Å². The zero-order valence-electron chi connectivity index (χ0n) is 11.8. The van der Waals surface area contributed by atoms with Crippen molar-refractivity contribution in [1.82, 2.24) is 10.2 Å². The molecule has 0 fully saturated rings. The molecule has 0 aliphatic rings. The second-order valence-electron chi connectivity index (χ2n) is 4.56. The van der Waals surface area contributed by atoms with E-state index in [9.17, 15) is 9.59 Å². The fourth-order valence-corrected chi connectivity index (χ4v) is 2.06. The van der Waals surface area contributed by atoms with Crippen LogP contribution < -0.4 is 5.32 Å². The van der Waals surface area contributed by atoms with E-state index in [0.717, 1.165) is 5.56 Å². The Kier molecular flexibility index (Phi) is 6.07. The van der Waals surface area contributed by atoms with E-state index in [4.69, 9.17) is 23.1 Å². The number of carbonyl (C=O) groups is 2. The zero-order valence-corrected chi connectivity index (χ0v) is 12.6. The fraction of sp³-hybridized carbons (Fsp3) is 0.333. The van der Waals surface area contributed by atoms with Gasteiger partial charge in [0, 0.05) is 18.5 Å². The SMILES string of the molecule is C#CCC(NC(=O)N(C)C(C)c1ccccc1Cl)C(=O)O. The van der Waals surface area contributed by atoms with E-state index in [1.807, 2.05) is 12.1 Å². The van der Waals surface area contributed by atoms with Gasteiger partial charge < -0.3 is 15.3 Å². The maximum atomic E-state index is 12.1. The van der Waals surface area contributed by atoms with E-state index in [1.165, 1.54) is 4.90 Å². The first-order valence-electron chi connectivity index (χ1n) is 6.32. The largest absolute Gasteiger partial charge is 0.480 e. The van der Waals surface area contributed by atoms with Crippen molar-refractivity contribution < 1.29 is 14.7 Å². The number of carboxylic acid groups (broad SMARTS) is 1. The zero-order chi connectivity index (χ0) is 16.0. The molecular formula is C15H17ClN2O3. The molecule has 1 rings (SSSR count). The van der Waals surface area contributed by atoms with Gasteiger partial charge in [-0.15, -0.1) is 12.3 Å². The number of amides is 2. The predicted molar refractivity (Wildman–Crippen MR) is 81.0 cm³/mol. The van der Waals surface area contributed by atoms with Crippen LogP contribution in [0, 0.1) is 12.3 Å². The molecule has 1 aromatic rings. The van der Waals surface area contributed by atoms with E-state index in [-0.39, 0.29) is 12.5 Å². The molecule has 1 aromatic carbocycles. The number of rotatable bonds is 5. The van der Waals surface area contributed by atoms with Crippen molar-refractivity contribution in [2.45, 2.75) is 25.4 Å². The quantitative estimate of drug-likeness (QED) is 0.821. The van der Waals surface area contributed by atoms with Crippen molar-refractivity contribution in [3.63, 3.8) is 0 Å². The summed E-state index contributed by atoms with van der Waals surface area (Å²) in [6, 6.07) is 5.23. The highest BCUT2D eigenvalue weighted by molar-refractivity contribution is 6.31. The molecule has 2 unspecified atom stereocenters. The number of halogens is 1. The Balaban J connectivity index is 2.81. The van der Waals surface area contributed by atoms with Crippen LogP contribution in [0.4, 0.5) is 4.79 Å². The highest BCUT2D eigenvalue weighted by Crippen LogP contribution is 2.26. The summed E-state index contributed by atoms with van der Waals surface area (Å²) in [6.45, 7) is 1.80. The fourth-order valence-electron chi connectivity index (χ4n) is 1.77. The van der Waals surface area contributed by atoms with Crippen LogP contribution in [-0.4, -0.2) is 35.1 Å². The third kappa shape index (κ3) is 4.40. The first kappa shape index (κ1) is 16.9. The van der Waals surface area contributed by atoms with E-state index in [1.54, 1.807) is 26.1 Å². The molecule has 0 saturated heterocycles. The summed E-state index contributed by atoms with van der Waals surface area (Å²) >= 11 is 6.09. The summed E-state index contributed by atoms with van der Waals surface area (Å²) in [5.41, 5.74) is 0.778. The summed E-state index contributed by atoms with van der Waals surface area (Å²) in [6.07, 6.45) is 5.02. The van der Waals surface area contributed by atoms with Crippen LogP contribution in [0.3, 0.4) is 0 Å². The predicted octanol–water partition coefficient (Wildman–Crippen LogP) is 2.52. The van der Waals surface area contributed by atoms with Gasteiger partial charge >= 0.3 is 12.0 Å². The second kappa shape index (κ2) is 7.55. The van der Waals surface area contributed by atoms with Gasteiger partial charge in [-0.2, -0.15) is 0 Å². The highest BCUT2D eigenvalue weighted by atomic mass is 35.5. The maximum absolute atomic E-state index is 12.1. The summed E-state index contributed by atoms with van der Waals surface area (Å²) in [4.78, 5) is 24.5. The lowest BCUT2D eigenvalue weighted by atomic mass is 10.1. The number of benzene rings is 1. The topological polar surface area (TPSA) is 69.6 Å². The smallest absolute Gasteiger partial charge is 0.327 e. The number of terminal acetylenes is 1. The van der Waals surface area contributed by atoms with Crippen molar-refractivity contribution in [2.75, 3.05) is 7.05 Å². The van der Waals surface area contributed by atoms with Gasteiger partial charge in [0.1, 0.15) is 6.04 Å². The van der Waals surface area contributed by atoms with Crippen molar-refractivity contribution in [3.8, 4) is 12.3 Å². The lowest BCUT2D eigenvalue weighted by molar-refractivity contribution is -0.139. The monoisotopic (exact) mass is 308 g/mol. The molecule has 0 heterocycles. The Hall–Kier alpha value is -2.19. The molecule has 2 amide bonds. The molecule has 112 valence electrons. The molecule has 2 atom stereocenters. The minimum Gasteiger partial charge on any atom is -0.480 e. The number of nitrogens with zero attached hydrogens (tertiary/aromatic N) is 1. The van der Waals surface area contributed by atoms with Crippen LogP contribution in [0.15, 0.2) is 24.3 Å². The van der Waals surface area contributed by atoms with E-state index < -0.39 is 18.0 Å². The van der Waals surface area contributed by atoms with Gasteiger partial charge in [-0.3, -0.25) is 0 Å². The first-order chi connectivity index (χ1) is 9.88. The lowest BCUT2D eigenvalue weighted by Crippen LogP contribution is -2.47. The van der Waals surface area contributed by atoms with Crippen LogP contribution in [0.1, 0.15) is 24.9 Å². The molecule has 21 heavy (non-hydrogen) atoms. The van der Waals surface area contributed by atoms with E-state index in [0.29, 0.717) is 5.02 Å². The average Bonchev–Trinajstić information content (AvgIpc) is 2.45. The maximum Gasteiger partial charge on any atom is 0.327 e. The normalized spacial score (nSPS) is 12.9. The lowest BCUT2D eigenvalue weighted by Gasteiger charge is -2.27. The highest BCUT2D eigenvalue weighted by Gasteiger charge is 2.24. The number of carboxylic acids is 1. The van der Waals surface area contributed by atoms with Crippen molar-refractivity contribution in [1.29, 1.82) is 0 Å². The molecule has 0 spiro atoms. The summed E-state index contributed by atoms with van der Waals surface area (Å²) in [5.74, 6) is 1.06. The van der Waals surface area contributed by atoms with Crippen molar-refractivity contribution >= 4 is 23.6 Å². The van der Waals surface area contributed by atoms with Crippen LogP contribution in [0.5, 0.6) is 0 Å². The van der Waals surface area contributed by atoms with Crippen LogP contribution in [0.2, 0.25) is 5.02 Å². The Morgan fingerprint density at radius 1 is 1.48 bits per heavy atom.